The quantitative estimate of drug-likeness (QED) is 0.863. The molecule has 0 bridgehead atoms. The molecule has 1 aromatic carbocycles. The third kappa shape index (κ3) is 4.78. The van der Waals surface area contributed by atoms with Gasteiger partial charge in [-0.1, -0.05) is 29.3 Å². The highest BCUT2D eigenvalue weighted by molar-refractivity contribution is 6.35. The van der Waals surface area contributed by atoms with E-state index in [0.717, 1.165) is 5.56 Å². The van der Waals surface area contributed by atoms with Gasteiger partial charge in [-0.2, -0.15) is 0 Å². The maximum atomic E-state index is 11.8. The Morgan fingerprint density at radius 3 is 2.86 bits per heavy atom. The first-order valence-electron chi connectivity index (χ1n) is 7.08. The van der Waals surface area contributed by atoms with Crippen LogP contribution in [0.3, 0.4) is 0 Å². The van der Waals surface area contributed by atoms with Crippen LogP contribution < -0.4 is 5.32 Å². The molecule has 1 N–H and O–H groups in total. The molecule has 1 aromatic rings. The molecule has 0 saturated carbocycles. The molecular formula is C15H18Cl2N2O3. The average Bonchev–Trinajstić information content (AvgIpc) is 2.78. The number of likely N-dealkylation sites (N-methyl/N-ethyl adjacent to an activating group) is 1. The summed E-state index contributed by atoms with van der Waals surface area (Å²) in [6, 6.07) is 5.31. The van der Waals surface area contributed by atoms with Gasteiger partial charge in [-0.3, -0.25) is 4.79 Å². The summed E-state index contributed by atoms with van der Waals surface area (Å²) in [4.78, 5) is 24.5. The number of carbonyl (C=O) groups is 2. The molecule has 1 unspecified atom stereocenters. The van der Waals surface area contributed by atoms with Gasteiger partial charge >= 0.3 is 6.09 Å². The van der Waals surface area contributed by atoms with Crippen LogP contribution in [0, 0.1) is 0 Å². The molecule has 0 aromatic heterocycles. The third-order valence-electron chi connectivity index (χ3n) is 3.48. The first-order chi connectivity index (χ1) is 10.5. The molecule has 2 amide bonds. The zero-order chi connectivity index (χ0) is 16.1. The number of hydrogen-bond acceptors (Lipinski definition) is 3. The summed E-state index contributed by atoms with van der Waals surface area (Å²) in [5, 5.41) is 4.03. The number of nitrogens with zero attached hydrogens (tertiary/aromatic N) is 1. The van der Waals surface area contributed by atoms with Crippen LogP contribution in [0.4, 0.5) is 4.79 Å². The summed E-state index contributed by atoms with van der Waals surface area (Å²) in [6.07, 6.45) is 0.976. The smallest absolute Gasteiger partial charge is 0.409 e. The normalized spacial score (nSPS) is 17.5. The Hall–Kier alpha value is -1.46. The molecule has 1 aliphatic heterocycles. The van der Waals surface area contributed by atoms with Gasteiger partial charge in [-0.25, -0.2) is 4.79 Å². The topological polar surface area (TPSA) is 58.6 Å². The van der Waals surface area contributed by atoms with Crippen molar-refractivity contribution in [3.63, 3.8) is 0 Å². The lowest BCUT2D eigenvalue weighted by Gasteiger charge is -2.09. The lowest BCUT2D eigenvalue weighted by Crippen LogP contribution is -2.27. The molecule has 0 spiro atoms. The Morgan fingerprint density at radius 2 is 2.23 bits per heavy atom. The van der Waals surface area contributed by atoms with Crippen LogP contribution in [-0.4, -0.2) is 43.1 Å². The van der Waals surface area contributed by atoms with Gasteiger partial charge in [0.25, 0.3) is 0 Å². The maximum Gasteiger partial charge on any atom is 0.409 e. The van der Waals surface area contributed by atoms with Crippen LogP contribution in [-0.2, 0) is 16.0 Å². The lowest BCUT2D eigenvalue weighted by molar-refractivity contribution is -0.121. The number of nitrogens with one attached hydrogen (secondary N) is 1. The number of rotatable bonds is 6. The van der Waals surface area contributed by atoms with E-state index in [0.29, 0.717) is 42.4 Å². The number of cyclic esters (lactones) is 1. The largest absolute Gasteiger partial charge is 0.444 e. The van der Waals surface area contributed by atoms with Crippen LogP contribution >= 0.6 is 23.2 Å². The fourth-order valence-electron chi connectivity index (χ4n) is 2.24. The number of hydrogen-bond donors (Lipinski definition) is 1. The fraction of sp³-hybridized carbons (Fsp3) is 0.467. The molecule has 1 heterocycles. The Labute approximate surface area is 139 Å². The van der Waals surface area contributed by atoms with E-state index in [-0.39, 0.29) is 18.1 Å². The van der Waals surface area contributed by atoms with Crippen molar-refractivity contribution >= 4 is 35.2 Å². The van der Waals surface area contributed by atoms with Crippen molar-refractivity contribution in [3.05, 3.63) is 33.8 Å². The van der Waals surface area contributed by atoms with Gasteiger partial charge in [-0.15, -0.1) is 0 Å². The number of halogens is 2. The van der Waals surface area contributed by atoms with Gasteiger partial charge in [0.1, 0.15) is 6.10 Å². The Kier molecular flexibility index (Phi) is 5.91. The van der Waals surface area contributed by atoms with Crippen molar-refractivity contribution in [2.45, 2.75) is 25.4 Å². The first kappa shape index (κ1) is 16.9. The molecule has 1 aliphatic rings. The molecule has 7 heteroatoms. The van der Waals surface area contributed by atoms with Crippen molar-refractivity contribution in [2.75, 3.05) is 20.1 Å². The second-order valence-corrected chi connectivity index (χ2v) is 6.10. The van der Waals surface area contributed by atoms with E-state index in [2.05, 4.69) is 5.32 Å². The molecule has 0 aliphatic carbocycles. The average molecular weight is 345 g/mol. The molecule has 22 heavy (non-hydrogen) atoms. The molecule has 2 rings (SSSR count). The monoisotopic (exact) mass is 344 g/mol. The zero-order valence-corrected chi connectivity index (χ0v) is 13.8. The summed E-state index contributed by atoms with van der Waals surface area (Å²) in [7, 11) is 1.68. The van der Waals surface area contributed by atoms with Crippen LogP contribution in [0.25, 0.3) is 0 Å². The van der Waals surface area contributed by atoms with E-state index in [1.54, 1.807) is 19.2 Å². The lowest BCUT2D eigenvalue weighted by atomic mass is 10.1. The maximum absolute atomic E-state index is 11.8. The predicted octanol–water partition coefficient (Wildman–Crippen LogP) is 2.88. The molecule has 5 nitrogen and oxygen atoms in total. The fourth-order valence-corrected chi connectivity index (χ4v) is 2.74. The van der Waals surface area contributed by atoms with Crippen LogP contribution in [0.5, 0.6) is 0 Å². The van der Waals surface area contributed by atoms with E-state index in [9.17, 15) is 9.59 Å². The van der Waals surface area contributed by atoms with Crippen LogP contribution in [0.15, 0.2) is 18.2 Å². The van der Waals surface area contributed by atoms with E-state index in [1.807, 2.05) is 6.07 Å². The summed E-state index contributed by atoms with van der Waals surface area (Å²) in [5.41, 5.74) is 0.942. The van der Waals surface area contributed by atoms with Gasteiger partial charge in [-0.05, 0) is 30.5 Å². The van der Waals surface area contributed by atoms with Gasteiger partial charge in [0.05, 0.1) is 6.54 Å². The van der Waals surface area contributed by atoms with Gasteiger partial charge in [0.2, 0.25) is 5.91 Å². The molecule has 1 atom stereocenters. The van der Waals surface area contributed by atoms with E-state index in [4.69, 9.17) is 27.9 Å². The molecular weight excluding hydrogens is 327 g/mol. The van der Waals surface area contributed by atoms with E-state index in [1.165, 1.54) is 4.90 Å². The van der Waals surface area contributed by atoms with Crippen LogP contribution in [0.2, 0.25) is 10.0 Å². The second kappa shape index (κ2) is 7.70. The molecule has 1 saturated heterocycles. The highest BCUT2D eigenvalue weighted by atomic mass is 35.5. The summed E-state index contributed by atoms with van der Waals surface area (Å²) in [6.45, 7) is 1.04. The SMILES string of the molecule is CN1CC(CCC(=O)NCCc2ccc(Cl)cc2Cl)OC1=O. The summed E-state index contributed by atoms with van der Waals surface area (Å²) in [5.74, 6) is -0.0595. The molecule has 0 radical (unpaired) electrons. The Balaban J connectivity index is 1.67. The first-order valence-corrected chi connectivity index (χ1v) is 7.83. The molecule has 120 valence electrons. The van der Waals surface area contributed by atoms with Crippen molar-refractivity contribution < 1.29 is 14.3 Å². The van der Waals surface area contributed by atoms with Crippen molar-refractivity contribution in [2.24, 2.45) is 0 Å². The van der Waals surface area contributed by atoms with E-state index < -0.39 is 0 Å². The number of carbonyl (C=O) groups excluding carboxylic acids is 2. The van der Waals surface area contributed by atoms with Gasteiger partial charge in [0.15, 0.2) is 0 Å². The minimum atomic E-state index is -0.331. The zero-order valence-electron chi connectivity index (χ0n) is 12.3. The Morgan fingerprint density at radius 1 is 1.45 bits per heavy atom. The minimum Gasteiger partial charge on any atom is -0.444 e. The minimum absolute atomic E-state index is 0.0595. The Bertz CT molecular complexity index is 566. The molecule has 1 fully saturated rings. The highest BCUT2D eigenvalue weighted by Crippen LogP contribution is 2.21. The number of ether oxygens (including phenoxy) is 1. The highest BCUT2D eigenvalue weighted by Gasteiger charge is 2.28. The third-order valence-corrected chi connectivity index (χ3v) is 4.07. The van der Waals surface area contributed by atoms with Gasteiger partial charge in [0, 0.05) is 30.1 Å². The van der Waals surface area contributed by atoms with Crippen molar-refractivity contribution in [3.8, 4) is 0 Å². The number of amides is 2. The second-order valence-electron chi connectivity index (χ2n) is 5.26. The predicted molar refractivity (Wildman–Crippen MR) is 85.3 cm³/mol. The van der Waals surface area contributed by atoms with Crippen LogP contribution in [0.1, 0.15) is 18.4 Å². The van der Waals surface area contributed by atoms with E-state index >= 15 is 0 Å². The van der Waals surface area contributed by atoms with Crippen molar-refractivity contribution in [1.82, 2.24) is 10.2 Å². The van der Waals surface area contributed by atoms with Gasteiger partial charge < -0.3 is 15.0 Å². The standard InChI is InChI=1S/C15H18Cl2N2O3/c1-19-9-12(22-15(19)21)4-5-14(20)18-7-6-10-2-3-11(16)8-13(10)17/h2-3,8,12H,4-7,9H2,1H3,(H,18,20). The number of benzene rings is 1. The summed E-state index contributed by atoms with van der Waals surface area (Å²) >= 11 is 11.9. The van der Waals surface area contributed by atoms with Crippen molar-refractivity contribution in [1.29, 1.82) is 0 Å². The summed E-state index contributed by atoms with van der Waals surface area (Å²) < 4.78 is 5.10.